The maximum absolute atomic E-state index is 12.5. The number of rotatable bonds is 11. The van der Waals surface area contributed by atoms with E-state index >= 15 is 0 Å². The van der Waals surface area contributed by atoms with Crippen LogP contribution in [-0.4, -0.2) is 35.4 Å². The predicted octanol–water partition coefficient (Wildman–Crippen LogP) is 3.35. The number of hydrogen-bond donors (Lipinski definition) is 3. The highest BCUT2D eigenvalue weighted by atomic mass is 16.5. The lowest BCUT2D eigenvalue weighted by atomic mass is 10.1. The molecular weight excluding hydrogens is 430 g/mol. The molecule has 1 amide bonds. The molecule has 0 saturated carbocycles. The van der Waals surface area contributed by atoms with Crippen LogP contribution in [0.1, 0.15) is 36.2 Å². The van der Waals surface area contributed by atoms with Gasteiger partial charge in [0.15, 0.2) is 5.88 Å². The number of nitrogens with one attached hydrogen (secondary N) is 2. The van der Waals surface area contributed by atoms with Gasteiger partial charge >= 0.3 is 0 Å². The van der Waals surface area contributed by atoms with E-state index in [4.69, 9.17) is 10.5 Å². The van der Waals surface area contributed by atoms with Gasteiger partial charge in [-0.1, -0.05) is 24.3 Å². The number of nitrogens with zero attached hydrogens (tertiary/aromatic N) is 2. The van der Waals surface area contributed by atoms with E-state index in [9.17, 15) is 9.59 Å². The zero-order chi connectivity index (χ0) is 24.3. The second-order valence-corrected chi connectivity index (χ2v) is 7.60. The summed E-state index contributed by atoms with van der Waals surface area (Å²) in [6, 6.07) is 18.1. The number of carbonyl (C=O) groups is 1. The number of ether oxygens (including phenoxy) is 1. The van der Waals surface area contributed by atoms with E-state index < -0.39 is 0 Å². The molecule has 0 radical (unpaired) electrons. The number of benzene rings is 2. The molecule has 0 atom stereocenters. The van der Waals surface area contributed by atoms with Gasteiger partial charge in [-0.15, -0.1) is 0 Å². The van der Waals surface area contributed by atoms with E-state index in [-0.39, 0.29) is 11.5 Å². The molecule has 1 heterocycles. The molecule has 2 aromatic carbocycles. The maximum atomic E-state index is 12.5. The molecule has 3 aromatic rings. The standard InChI is InChI=1S/C26H31N5O3/c1-3-24(34-4-2)29-22-8-5-7-19(17-22)18-31-25(32)14-13-23(30-31)20-9-11-21(12-10-20)26(33)28-16-6-15-27/h3,5,7-14,17,29H,4,6,15-16,18,27H2,1-2H3,(H,28,33). The number of aromatic nitrogens is 2. The van der Waals surface area contributed by atoms with Crippen LogP contribution in [0, 0.1) is 0 Å². The smallest absolute Gasteiger partial charge is 0.267 e. The lowest BCUT2D eigenvalue weighted by molar-refractivity contribution is 0.0953. The van der Waals surface area contributed by atoms with Gasteiger partial charge in [-0.25, -0.2) is 4.68 Å². The van der Waals surface area contributed by atoms with E-state index in [1.165, 1.54) is 10.7 Å². The van der Waals surface area contributed by atoms with Crippen LogP contribution in [0.5, 0.6) is 0 Å². The van der Waals surface area contributed by atoms with Gasteiger partial charge in [-0.2, -0.15) is 5.10 Å². The molecule has 0 fully saturated rings. The third-order valence-electron chi connectivity index (χ3n) is 5.06. The summed E-state index contributed by atoms with van der Waals surface area (Å²) in [5.41, 5.74) is 9.08. The van der Waals surface area contributed by atoms with Crippen molar-refractivity contribution in [3.63, 3.8) is 0 Å². The molecule has 8 heteroatoms. The number of anilines is 1. The monoisotopic (exact) mass is 461 g/mol. The van der Waals surface area contributed by atoms with E-state index in [0.29, 0.717) is 43.4 Å². The van der Waals surface area contributed by atoms with Crippen LogP contribution in [0.25, 0.3) is 11.3 Å². The van der Waals surface area contributed by atoms with E-state index in [2.05, 4.69) is 15.7 Å². The van der Waals surface area contributed by atoms with Crippen molar-refractivity contribution < 1.29 is 9.53 Å². The van der Waals surface area contributed by atoms with Crippen LogP contribution in [0.2, 0.25) is 0 Å². The molecule has 0 bridgehead atoms. The summed E-state index contributed by atoms with van der Waals surface area (Å²) < 4.78 is 6.97. The van der Waals surface area contributed by atoms with Gasteiger partial charge in [-0.3, -0.25) is 9.59 Å². The molecule has 0 aliphatic rings. The second kappa shape index (κ2) is 12.4. The van der Waals surface area contributed by atoms with Crippen molar-refractivity contribution in [2.24, 2.45) is 5.73 Å². The minimum atomic E-state index is -0.193. The Bertz CT molecular complexity index is 1190. The fraction of sp³-hybridized carbons (Fsp3) is 0.269. The van der Waals surface area contributed by atoms with Crippen molar-refractivity contribution in [3.05, 3.63) is 94.1 Å². The zero-order valence-electron chi connectivity index (χ0n) is 19.6. The molecule has 0 saturated heterocycles. The Hall–Kier alpha value is -3.91. The van der Waals surface area contributed by atoms with Crippen LogP contribution >= 0.6 is 0 Å². The summed E-state index contributed by atoms with van der Waals surface area (Å²) in [6.45, 7) is 5.80. The first kappa shape index (κ1) is 24.7. The van der Waals surface area contributed by atoms with Gasteiger partial charge < -0.3 is 21.1 Å². The summed E-state index contributed by atoms with van der Waals surface area (Å²) in [5.74, 6) is 0.533. The van der Waals surface area contributed by atoms with Crippen LogP contribution in [-0.2, 0) is 11.3 Å². The molecule has 4 N–H and O–H groups in total. The van der Waals surface area contributed by atoms with E-state index in [0.717, 1.165) is 23.2 Å². The van der Waals surface area contributed by atoms with Crippen molar-refractivity contribution >= 4 is 11.6 Å². The minimum absolute atomic E-state index is 0.142. The van der Waals surface area contributed by atoms with Crippen LogP contribution in [0.4, 0.5) is 5.69 Å². The van der Waals surface area contributed by atoms with Crippen molar-refractivity contribution in [2.75, 3.05) is 25.0 Å². The summed E-state index contributed by atoms with van der Waals surface area (Å²) in [7, 11) is 0. The third kappa shape index (κ3) is 6.79. The lowest BCUT2D eigenvalue weighted by Gasteiger charge is -2.13. The molecule has 0 aliphatic carbocycles. The number of allylic oxidation sites excluding steroid dienone is 1. The molecule has 34 heavy (non-hydrogen) atoms. The number of hydrogen-bond acceptors (Lipinski definition) is 6. The molecule has 0 unspecified atom stereocenters. The van der Waals surface area contributed by atoms with E-state index in [1.807, 2.05) is 56.3 Å². The molecule has 3 rings (SSSR count). The first-order chi connectivity index (χ1) is 16.5. The summed E-state index contributed by atoms with van der Waals surface area (Å²) in [6.07, 6.45) is 2.60. The van der Waals surface area contributed by atoms with Gasteiger partial charge in [0.25, 0.3) is 11.5 Å². The summed E-state index contributed by atoms with van der Waals surface area (Å²) in [4.78, 5) is 24.7. The highest BCUT2D eigenvalue weighted by molar-refractivity contribution is 5.94. The molecule has 0 aliphatic heterocycles. The molecule has 1 aromatic heterocycles. The molecular formula is C26H31N5O3. The van der Waals surface area contributed by atoms with Gasteiger partial charge in [0.1, 0.15) is 0 Å². The Balaban J connectivity index is 1.75. The average molecular weight is 462 g/mol. The lowest BCUT2D eigenvalue weighted by Crippen LogP contribution is -2.25. The van der Waals surface area contributed by atoms with E-state index in [1.54, 1.807) is 18.2 Å². The Kier molecular flexibility index (Phi) is 8.99. The minimum Gasteiger partial charge on any atom is -0.479 e. The molecule has 0 spiro atoms. The van der Waals surface area contributed by atoms with Gasteiger partial charge in [0.2, 0.25) is 0 Å². The topological polar surface area (TPSA) is 111 Å². The summed E-state index contributed by atoms with van der Waals surface area (Å²) >= 11 is 0. The van der Waals surface area contributed by atoms with Crippen molar-refractivity contribution in [2.45, 2.75) is 26.8 Å². The fourth-order valence-electron chi connectivity index (χ4n) is 3.32. The SMILES string of the molecule is CC=C(Nc1cccc(Cn2nc(-c3ccc(C(=O)NCCCN)cc3)ccc2=O)c1)OCC. The Morgan fingerprint density at radius 2 is 1.94 bits per heavy atom. The highest BCUT2D eigenvalue weighted by Gasteiger charge is 2.08. The van der Waals surface area contributed by atoms with Gasteiger partial charge in [0.05, 0.1) is 18.8 Å². The van der Waals surface area contributed by atoms with Crippen molar-refractivity contribution in [1.29, 1.82) is 0 Å². The van der Waals surface area contributed by atoms with Gasteiger partial charge in [0, 0.05) is 29.4 Å². The number of amides is 1. The number of carbonyl (C=O) groups excluding carboxylic acids is 1. The van der Waals surface area contributed by atoms with Crippen molar-refractivity contribution in [1.82, 2.24) is 15.1 Å². The predicted molar refractivity (Wildman–Crippen MR) is 134 cm³/mol. The van der Waals surface area contributed by atoms with Crippen LogP contribution in [0.3, 0.4) is 0 Å². The quantitative estimate of drug-likeness (QED) is 0.298. The molecule has 8 nitrogen and oxygen atoms in total. The average Bonchev–Trinajstić information content (AvgIpc) is 2.85. The highest BCUT2D eigenvalue weighted by Crippen LogP contribution is 2.18. The van der Waals surface area contributed by atoms with Crippen LogP contribution < -0.4 is 21.9 Å². The summed E-state index contributed by atoms with van der Waals surface area (Å²) in [5, 5.41) is 10.6. The first-order valence-electron chi connectivity index (χ1n) is 11.4. The Morgan fingerprint density at radius 3 is 2.65 bits per heavy atom. The molecule has 178 valence electrons. The zero-order valence-corrected chi connectivity index (χ0v) is 19.6. The number of nitrogens with two attached hydrogens (primary N) is 1. The largest absolute Gasteiger partial charge is 0.479 e. The first-order valence-corrected chi connectivity index (χ1v) is 11.4. The second-order valence-electron chi connectivity index (χ2n) is 7.60. The normalized spacial score (nSPS) is 11.2. The Labute approximate surface area is 199 Å². The van der Waals surface area contributed by atoms with Crippen LogP contribution in [0.15, 0.2) is 77.4 Å². The van der Waals surface area contributed by atoms with Gasteiger partial charge in [-0.05, 0) is 68.8 Å². The fourth-order valence-corrected chi connectivity index (χ4v) is 3.32. The Morgan fingerprint density at radius 1 is 1.15 bits per heavy atom. The maximum Gasteiger partial charge on any atom is 0.267 e. The third-order valence-corrected chi connectivity index (χ3v) is 5.06. The van der Waals surface area contributed by atoms with Crippen molar-refractivity contribution in [3.8, 4) is 11.3 Å².